The number of benzene rings is 1. The quantitative estimate of drug-likeness (QED) is 0.690. The van der Waals surface area contributed by atoms with Crippen LogP contribution in [0.4, 0.5) is 5.95 Å². The van der Waals surface area contributed by atoms with E-state index in [1.54, 1.807) is 24.3 Å². The van der Waals surface area contributed by atoms with Gasteiger partial charge in [0.25, 0.3) is 11.8 Å². The van der Waals surface area contributed by atoms with Crippen LogP contribution in [0.25, 0.3) is 0 Å². The molecule has 10 heteroatoms. The normalized spacial score (nSPS) is 20.3. The molecule has 31 heavy (non-hydrogen) atoms. The first kappa shape index (κ1) is 19.2. The van der Waals surface area contributed by atoms with Gasteiger partial charge in [0.15, 0.2) is 0 Å². The smallest absolute Gasteiger partial charge is 0.258 e. The predicted octanol–water partition coefficient (Wildman–Crippen LogP) is 1.03. The van der Waals surface area contributed by atoms with Crippen molar-refractivity contribution in [3.05, 3.63) is 47.2 Å². The Bertz CT molecular complexity index is 1110. The van der Waals surface area contributed by atoms with Crippen molar-refractivity contribution in [2.45, 2.75) is 44.4 Å². The number of anilines is 1. The highest BCUT2D eigenvalue weighted by atomic mass is 16.5. The number of carbonyl (C=O) groups is 4. The summed E-state index contributed by atoms with van der Waals surface area (Å²) in [7, 11) is 0. The van der Waals surface area contributed by atoms with Crippen LogP contribution in [0.5, 0.6) is 5.88 Å². The average Bonchev–Trinajstić information content (AvgIpc) is 3.50. The van der Waals surface area contributed by atoms with Crippen molar-refractivity contribution in [2.24, 2.45) is 0 Å². The van der Waals surface area contributed by atoms with Crippen molar-refractivity contribution in [1.82, 2.24) is 20.2 Å². The molecule has 1 saturated heterocycles. The third-order valence-electron chi connectivity index (χ3n) is 5.45. The maximum atomic E-state index is 12.8. The number of imide groups is 1. The van der Waals surface area contributed by atoms with Crippen LogP contribution in [0.2, 0.25) is 0 Å². The maximum Gasteiger partial charge on any atom is 0.258 e. The number of piperidine rings is 1. The fraction of sp³-hybridized carbons (Fsp3) is 0.333. The topological polar surface area (TPSA) is 131 Å². The molecule has 1 aromatic heterocycles. The van der Waals surface area contributed by atoms with Gasteiger partial charge in [-0.2, -0.15) is 4.98 Å². The zero-order valence-electron chi connectivity index (χ0n) is 16.5. The number of nitrogens with one attached hydrogen (secondary N) is 2. The van der Waals surface area contributed by atoms with Gasteiger partial charge in [-0.1, -0.05) is 0 Å². The molecule has 0 radical (unpaired) electrons. The summed E-state index contributed by atoms with van der Waals surface area (Å²) in [5.74, 6) is -0.973. The van der Waals surface area contributed by atoms with E-state index in [0.717, 1.165) is 12.8 Å². The van der Waals surface area contributed by atoms with Crippen molar-refractivity contribution in [3.63, 3.8) is 0 Å². The third-order valence-corrected chi connectivity index (χ3v) is 5.45. The molecule has 4 amide bonds. The number of amides is 4. The summed E-state index contributed by atoms with van der Waals surface area (Å²) in [6.07, 6.45) is 4.16. The SMILES string of the molecule is O=C1CCC(N2Cc3cc(C(=O)Nc4nccc(OC5CC5)n4)ccc3C2=O)C(=O)N1. The highest BCUT2D eigenvalue weighted by Crippen LogP contribution is 2.29. The summed E-state index contributed by atoms with van der Waals surface area (Å²) in [5.41, 5.74) is 1.43. The van der Waals surface area contributed by atoms with Gasteiger partial charge in [-0.15, -0.1) is 0 Å². The highest BCUT2D eigenvalue weighted by molar-refractivity contribution is 6.07. The van der Waals surface area contributed by atoms with Gasteiger partial charge in [-0.25, -0.2) is 4.98 Å². The van der Waals surface area contributed by atoms with Gasteiger partial charge in [0.1, 0.15) is 12.1 Å². The molecule has 0 bridgehead atoms. The van der Waals surface area contributed by atoms with E-state index in [4.69, 9.17) is 4.74 Å². The Morgan fingerprint density at radius 3 is 2.77 bits per heavy atom. The van der Waals surface area contributed by atoms with E-state index >= 15 is 0 Å². The minimum atomic E-state index is -0.697. The summed E-state index contributed by atoms with van der Waals surface area (Å²) in [4.78, 5) is 58.6. The molecule has 2 N–H and O–H groups in total. The fourth-order valence-electron chi connectivity index (χ4n) is 3.71. The monoisotopic (exact) mass is 421 g/mol. The summed E-state index contributed by atoms with van der Waals surface area (Å²) in [5, 5.41) is 4.91. The maximum absolute atomic E-state index is 12.8. The van der Waals surface area contributed by atoms with Crippen molar-refractivity contribution in [2.75, 3.05) is 5.32 Å². The van der Waals surface area contributed by atoms with Crippen LogP contribution >= 0.6 is 0 Å². The largest absolute Gasteiger partial charge is 0.474 e. The van der Waals surface area contributed by atoms with Crippen LogP contribution < -0.4 is 15.4 Å². The van der Waals surface area contributed by atoms with E-state index in [-0.39, 0.29) is 43.3 Å². The van der Waals surface area contributed by atoms with Crippen molar-refractivity contribution in [3.8, 4) is 5.88 Å². The van der Waals surface area contributed by atoms with Crippen LogP contribution in [0, 0.1) is 0 Å². The first-order valence-electron chi connectivity index (χ1n) is 10.1. The second-order valence-corrected chi connectivity index (χ2v) is 7.76. The third kappa shape index (κ3) is 3.83. The fourth-order valence-corrected chi connectivity index (χ4v) is 3.71. The number of aromatic nitrogens is 2. The molecule has 5 rings (SSSR count). The van der Waals surface area contributed by atoms with Gasteiger partial charge in [0.05, 0.1) is 0 Å². The van der Waals surface area contributed by atoms with Gasteiger partial charge in [-0.05, 0) is 43.0 Å². The number of rotatable bonds is 5. The van der Waals surface area contributed by atoms with Gasteiger partial charge >= 0.3 is 0 Å². The molecular weight excluding hydrogens is 402 g/mol. The lowest BCUT2D eigenvalue weighted by atomic mass is 10.0. The number of hydrogen-bond donors (Lipinski definition) is 2. The highest BCUT2D eigenvalue weighted by Gasteiger charge is 2.39. The molecule has 2 aliphatic heterocycles. The van der Waals surface area contributed by atoms with Crippen molar-refractivity contribution >= 4 is 29.6 Å². The Morgan fingerprint density at radius 1 is 1.16 bits per heavy atom. The Morgan fingerprint density at radius 2 is 2.00 bits per heavy atom. The van der Waals surface area contributed by atoms with Gasteiger partial charge in [0.2, 0.25) is 23.6 Å². The molecule has 1 saturated carbocycles. The second-order valence-electron chi connectivity index (χ2n) is 7.76. The van der Waals surface area contributed by atoms with E-state index in [0.29, 0.717) is 22.6 Å². The molecular formula is C21H19N5O5. The number of nitrogens with zero attached hydrogens (tertiary/aromatic N) is 3. The Kier molecular flexibility index (Phi) is 4.61. The summed E-state index contributed by atoms with van der Waals surface area (Å²) in [6, 6.07) is 5.69. The standard InChI is InChI=1S/C21H19N5O5/c27-16-6-5-15(19(29)23-16)26-10-12-9-11(1-4-14(12)20(26)30)18(28)25-21-22-8-7-17(24-21)31-13-2-3-13/h1,4,7-9,13,15H,2-3,5-6,10H2,(H,23,27,29)(H,22,24,25,28). The van der Waals surface area contributed by atoms with Crippen molar-refractivity contribution < 1.29 is 23.9 Å². The number of carbonyl (C=O) groups excluding carboxylic acids is 4. The zero-order chi connectivity index (χ0) is 21.5. The zero-order valence-corrected chi connectivity index (χ0v) is 16.5. The lowest BCUT2D eigenvalue weighted by molar-refractivity contribution is -0.136. The van der Waals surface area contributed by atoms with Gasteiger partial charge in [-0.3, -0.25) is 29.8 Å². The molecule has 3 heterocycles. The molecule has 0 spiro atoms. The van der Waals surface area contributed by atoms with E-state index in [2.05, 4.69) is 20.6 Å². The molecule has 3 aliphatic rings. The lowest BCUT2D eigenvalue weighted by Crippen LogP contribution is -2.52. The summed E-state index contributed by atoms with van der Waals surface area (Å²) >= 11 is 0. The molecule has 10 nitrogen and oxygen atoms in total. The van der Waals surface area contributed by atoms with E-state index in [1.807, 2.05) is 0 Å². The van der Waals surface area contributed by atoms with Crippen LogP contribution in [0.3, 0.4) is 0 Å². The summed E-state index contributed by atoms with van der Waals surface area (Å²) < 4.78 is 5.61. The molecule has 2 aromatic rings. The Labute approximate surface area is 177 Å². The van der Waals surface area contributed by atoms with Crippen molar-refractivity contribution in [1.29, 1.82) is 0 Å². The molecule has 1 atom stereocenters. The molecule has 158 valence electrons. The number of hydrogen-bond acceptors (Lipinski definition) is 7. The number of fused-ring (bicyclic) bond motifs is 1. The van der Waals surface area contributed by atoms with E-state index in [1.165, 1.54) is 11.1 Å². The molecule has 1 aromatic carbocycles. The van der Waals surface area contributed by atoms with E-state index in [9.17, 15) is 19.2 Å². The molecule has 1 unspecified atom stereocenters. The summed E-state index contributed by atoms with van der Waals surface area (Å²) in [6.45, 7) is 0.197. The predicted molar refractivity (Wildman–Crippen MR) is 106 cm³/mol. The van der Waals surface area contributed by atoms with Crippen LogP contribution in [-0.2, 0) is 16.1 Å². The minimum Gasteiger partial charge on any atom is -0.474 e. The van der Waals surface area contributed by atoms with E-state index < -0.39 is 17.9 Å². The van der Waals surface area contributed by atoms with Crippen LogP contribution in [0.1, 0.15) is 52.0 Å². The molecule has 1 aliphatic carbocycles. The average molecular weight is 421 g/mol. The first-order valence-corrected chi connectivity index (χ1v) is 10.1. The Hall–Kier alpha value is -3.82. The lowest BCUT2D eigenvalue weighted by Gasteiger charge is -2.29. The van der Waals surface area contributed by atoms with Crippen LogP contribution in [-0.4, -0.2) is 50.6 Å². The van der Waals surface area contributed by atoms with Crippen LogP contribution in [0.15, 0.2) is 30.5 Å². The van der Waals surface area contributed by atoms with Gasteiger partial charge < -0.3 is 9.64 Å². The minimum absolute atomic E-state index is 0.130. The molecule has 2 fully saturated rings. The second kappa shape index (κ2) is 7.46. The Balaban J connectivity index is 1.30. The first-order chi connectivity index (χ1) is 15.0. The number of ether oxygens (including phenoxy) is 1. The van der Waals surface area contributed by atoms with Gasteiger partial charge in [0, 0.05) is 36.4 Å².